The van der Waals surface area contributed by atoms with Gasteiger partial charge in [0.2, 0.25) is 5.91 Å². The van der Waals surface area contributed by atoms with E-state index in [1.54, 1.807) is 36.4 Å². The van der Waals surface area contributed by atoms with Gasteiger partial charge in [-0.15, -0.1) is 0 Å². The number of aromatic carboxylic acids is 1. The van der Waals surface area contributed by atoms with E-state index < -0.39 is 35.1 Å². The molecule has 1 aliphatic rings. The molecule has 6 rings (SSSR count). The van der Waals surface area contributed by atoms with E-state index >= 15 is 0 Å². The van der Waals surface area contributed by atoms with Gasteiger partial charge in [0.1, 0.15) is 0 Å². The molecule has 3 N–H and O–H groups in total. The maximum absolute atomic E-state index is 13.3. The van der Waals surface area contributed by atoms with Crippen molar-refractivity contribution in [1.82, 2.24) is 15.1 Å². The molecule has 5 aromatic rings. The quantitative estimate of drug-likeness (QED) is 0.149. The van der Waals surface area contributed by atoms with Crippen LogP contribution >= 0.6 is 0 Å². The fourth-order valence-corrected chi connectivity index (χ4v) is 5.61. The van der Waals surface area contributed by atoms with Crippen LogP contribution in [0.2, 0.25) is 0 Å². The molecule has 0 bridgehead atoms. The van der Waals surface area contributed by atoms with Crippen LogP contribution in [-0.4, -0.2) is 71.3 Å². The standard InChI is InChI=1S/C27H25F3N4O3.C14H12O2/c28-27(29,30)23-9-5-4-8-22(23)26(37)34-16-14-33(15-17-34)24(35)18-31-25(36)19-10-12-21(13-11-19)32-20-6-2-1-3-7-20;15-14(16)13-8-6-12(7-9-13)10-11-4-2-1-3-5-11/h1-13,32H,14-18H2,(H,31,36);1-9H,10H2,(H,15,16). The molecule has 0 atom stereocenters. The molecule has 0 radical (unpaired) electrons. The molecule has 0 aromatic heterocycles. The summed E-state index contributed by atoms with van der Waals surface area (Å²) < 4.78 is 39.8. The maximum atomic E-state index is 13.3. The van der Waals surface area contributed by atoms with Gasteiger partial charge in [-0.2, -0.15) is 13.2 Å². The Balaban J connectivity index is 0.000000281. The summed E-state index contributed by atoms with van der Waals surface area (Å²) >= 11 is 0. The summed E-state index contributed by atoms with van der Waals surface area (Å²) in [6.45, 7) is 0.290. The number of halogens is 3. The molecule has 0 unspecified atom stereocenters. The van der Waals surface area contributed by atoms with Crippen molar-refractivity contribution in [2.24, 2.45) is 0 Å². The number of hydrogen-bond donors (Lipinski definition) is 3. The van der Waals surface area contributed by atoms with E-state index in [0.717, 1.165) is 35.5 Å². The summed E-state index contributed by atoms with van der Waals surface area (Å²) in [5, 5.41) is 14.6. The zero-order valence-corrected chi connectivity index (χ0v) is 28.6. The highest BCUT2D eigenvalue weighted by molar-refractivity contribution is 5.97. The van der Waals surface area contributed by atoms with Crippen LogP contribution in [0.5, 0.6) is 0 Å². The SMILES string of the molecule is O=C(NCC(=O)N1CCN(C(=O)c2ccccc2C(F)(F)F)CC1)c1ccc(Nc2ccccc2)cc1.O=C(O)c1ccc(Cc2ccccc2)cc1. The lowest BCUT2D eigenvalue weighted by atomic mass is 10.0. The number of para-hydroxylation sites is 1. The number of nitrogens with one attached hydrogen (secondary N) is 2. The van der Waals surface area contributed by atoms with Crippen molar-refractivity contribution < 1.29 is 37.5 Å². The van der Waals surface area contributed by atoms with Crippen LogP contribution in [-0.2, 0) is 17.4 Å². The lowest BCUT2D eigenvalue weighted by Crippen LogP contribution is -2.52. The van der Waals surface area contributed by atoms with Gasteiger partial charge in [0.15, 0.2) is 0 Å². The maximum Gasteiger partial charge on any atom is 0.417 e. The molecule has 0 saturated carbocycles. The molecule has 1 saturated heterocycles. The second kappa shape index (κ2) is 17.7. The van der Waals surface area contributed by atoms with Crippen molar-refractivity contribution in [2.75, 3.05) is 38.0 Å². The molecule has 1 aliphatic heterocycles. The van der Waals surface area contributed by atoms with Gasteiger partial charge in [0.05, 0.1) is 23.2 Å². The highest BCUT2D eigenvalue weighted by atomic mass is 19.4. The van der Waals surface area contributed by atoms with Crippen LogP contribution in [0.25, 0.3) is 0 Å². The first-order valence-corrected chi connectivity index (χ1v) is 16.8. The summed E-state index contributed by atoms with van der Waals surface area (Å²) in [5.74, 6) is -2.35. The molecule has 5 aromatic carbocycles. The third-order valence-corrected chi connectivity index (χ3v) is 8.44. The Hall–Kier alpha value is -6.43. The van der Waals surface area contributed by atoms with Crippen LogP contribution in [0.4, 0.5) is 24.5 Å². The van der Waals surface area contributed by atoms with E-state index in [1.807, 2.05) is 60.7 Å². The van der Waals surface area contributed by atoms with Crippen LogP contribution in [0.3, 0.4) is 0 Å². The number of alkyl halides is 3. The molecule has 0 spiro atoms. The fraction of sp³-hybridized carbons (Fsp3) is 0.171. The number of carbonyl (C=O) groups is 4. The first-order chi connectivity index (χ1) is 25.5. The number of piperazine rings is 1. The van der Waals surface area contributed by atoms with Gasteiger partial charge < -0.3 is 25.5 Å². The van der Waals surface area contributed by atoms with E-state index in [1.165, 1.54) is 27.5 Å². The lowest BCUT2D eigenvalue weighted by molar-refractivity contribution is -0.138. The Bertz CT molecular complexity index is 2000. The van der Waals surface area contributed by atoms with Gasteiger partial charge in [-0.3, -0.25) is 14.4 Å². The van der Waals surface area contributed by atoms with Crippen molar-refractivity contribution in [1.29, 1.82) is 0 Å². The molecule has 9 nitrogen and oxygen atoms in total. The van der Waals surface area contributed by atoms with E-state index in [9.17, 15) is 32.3 Å². The van der Waals surface area contributed by atoms with Crippen LogP contribution in [0, 0.1) is 0 Å². The zero-order valence-electron chi connectivity index (χ0n) is 28.6. The second-order valence-corrected chi connectivity index (χ2v) is 12.1. The predicted octanol–water partition coefficient (Wildman–Crippen LogP) is 7.14. The molecule has 1 heterocycles. The van der Waals surface area contributed by atoms with Crippen molar-refractivity contribution >= 4 is 35.1 Å². The monoisotopic (exact) mass is 722 g/mol. The number of carbonyl (C=O) groups excluding carboxylic acids is 3. The first kappa shape index (κ1) is 37.8. The molecular formula is C41H37F3N4O5. The Kier molecular flexibility index (Phi) is 12.6. The van der Waals surface area contributed by atoms with Gasteiger partial charge in [0.25, 0.3) is 11.8 Å². The molecule has 0 aliphatic carbocycles. The van der Waals surface area contributed by atoms with Crippen molar-refractivity contribution in [2.45, 2.75) is 12.6 Å². The minimum atomic E-state index is -4.64. The largest absolute Gasteiger partial charge is 0.478 e. The van der Waals surface area contributed by atoms with Crippen molar-refractivity contribution in [3.05, 3.63) is 167 Å². The number of nitrogens with zero attached hydrogens (tertiary/aromatic N) is 2. The van der Waals surface area contributed by atoms with Crippen LogP contribution in [0.1, 0.15) is 47.8 Å². The fourth-order valence-electron chi connectivity index (χ4n) is 5.61. The number of hydrogen-bond acceptors (Lipinski definition) is 5. The topological polar surface area (TPSA) is 119 Å². The van der Waals surface area contributed by atoms with Gasteiger partial charge in [-0.05, 0) is 78.2 Å². The van der Waals surface area contributed by atoms with E-state index in [2.05, 4.69) is 22.8 Å². The molecule has 53 heavy (non-hydrogen) atoms. The molecule has 3 amide bonds. The summed E-state index contributed by atoms with van der Waals surface area (Å²) in [7, 11) is 0. The highest BCUT2D eigenvalue weighted by Gasteiger charge is 2.36. The summed E-state index contributed by atoms with van der Waals surface area (Å²) in [6, 6.07) is 38.1. The number of amides is 3. The number of carboxylic acid groups (broad SMARTS) is 1. The van der Waals surface area contributed by atoms with Gasteiger partial charge in [0, 0.05) is 43.1 Å². The summed E-state index contributed by atoms with van der Waals surface area (Å²) in [4.78, 5) is 51.2. The zero-order chi connectivity index (χ0) is 37.8. The Morgan fingerprint density at radius 3 is 1.72 bits per heavy atom. The van der Waals surface area contributed by atoms with E-state index in [4.69, 9.17) is 5.11 Å². The molecule has 1 fully saturated rings. The first-order valence-electron chi connectivity index (χ1n) is 16.8. The minimum Gasteiger partial charge on any atom is -0.478 e. The van der Waals surface area contributed by atoms with Crippen LogP contribution < -0.4 is 10.6 Å². The summed E-state index contributed by atoms with van der Waals surface area (Å²) in [6.07, 6.45) is -3.80. The van der Waals surface area contributed by atoms with E-state index in [0.29, 0.717) is 11.1 Å². The van der Waals surface area contributed by atoms with Gasteiger partial charge in [-0.1, -0.05) is 72.8 Å². The molecule has 272 valence electrons. The normalized spacial score (nSPS) is 12.6. The second-order valence-electron chi connectivity index (χ2n) is 12.1. The highest BCUT2D eigenvalue weighted by Crippen LogP contribution is 2.32. The average molecular weight is 723 g/mol. The number of rotatable bonds is 9. The van der Waals surface area contributed by atoms with Gasteiger partial charge in [-0.25, -0.2) is 4.79 Å². The Morgan fingerprint density at radius 1 is 0.604 bits per heavy atom. The van der Waals surface area contributed by atoms with Gasteiger partial charge >= 0.3 is 12.1 Å². The third-order valence-electron chi connectivity index (χ3n) is 8.44. The lowest BCUT2D eigenvalue weighted by Gasteiger charge is -2.35. The van der Waals surface area contributed by atoms with Crippen molar-refractivity contribution in [3.63, 3.8) is 0 Å². The molecule has 12 heteroatoms. The Morgan fingerprint density at radius 2 is 1.11 bits per heavy atom. The number of anilines is 2. The smallest absolute Gasteiger partial charge is 0.417 e. The summed E-state index contributed by atoms with van der Waals surface area (Å²) in [5.41, 5.74) is 3.40. The third kappa shape index (κ3) is 10.8. The van der Waals surface area contributed by atoms with E-state index in [-0.39, 0.29) is 38.6 Å². The molecular weight excluding hydrogens is 685 g/mol. The number of benzene rings is 5. The average Bonchev–Trinajstić information content (AvgIpc) is 3.18. The van der Waals surface area contributed by atoms with Crippen LogP contribution in [0.15, 0.2) is 133 Å². The number of carboxylic acids is 1. The predicted molar refractivity (Wildman–Crippen MR) is 195 cm³/mol. The van der Waals surface area contributed by atoms with Crippen molar-refractivity contribution in [3.8, 4) is 0 Å². The minimum absolute atomic E-state index is 0.0978. The Labute approximate surface area is 304 Å².